The van der Waals surface area contributed by atoms with Crippen molar-refractivity contribution in [1.29, 1.82) is 0 Å². The standard InChI is InChI=1S/C16H24N2O.ClH/c1-11(2)12-5-4-6-15(10-12)18(3)16(19)13-7-8-14(17)9-13;/h4-6,10-11,13-14H,7-9,17H2,1-3H3;1H. The van der Waals surface area contributed by atoms with Crippen molar-refractivity contribution in [3.05, 3.63) is 29.8 Å². The Labute approximate surface area is 127 Å². The SMILES string of the molecule is CC(C)c1cccc(N(C)C(=O)C2CCC(N)C2)c1.Cl. The van der Waals surface area contributed by atoms with E-state index in [2.05, 4.69) is 26.0 Å². The fraction of sp³-hybridized carbons (Fsp3) is 0.562. The van der Waals surface area contributed by atoms with E-state index in [1.807, 2.05) is 19.2 Å². The Hall–Kier alpha value is -1.06. The molecule has 1 aliphatic carbocycles. The Morgan fingerprint density at radius 3 is 2.60 bits per heavy atom. The van der Waals surface area contributed by atoms with Gasteiger partial charge < -0.3 is 10.6 Å². The summed E-state index contributed by atoms with van der Waals surface area (Å²) in [7, 11) is 1.87. The van der Waals surface area contributed by atoms with Gasteiger partial charge in [0, 0.05) is 24.7 Å². The number of hydrogen-bond donors (Lipinski definition) is 1. The van der Waals surface area contributed by atoms with Crippen molar-refractivity contribution in [2.75, 3.05) is 11.9 Å². The summed E-state index contributed by atoms with van der Waals surface area (Å²) in [5.74, 6) is 0.778. The molecule has 2 unspecified atom stereocenters. The van der Waals surface area contributed by atoms with Gasteiger partial charge in [-0.3, -0.25) is 4.79 Å². The van der Waals surface area contributed by atoms with Gasteiger partial charge in [0.1, 0.15) is 0 Å². The predicted molar refractivity (Wildman–Crippen MR) is 86.5 cm³/mol. The van der Waals surface area contributed by atoms with Crippen LogP contribution in [-0.2, 0) is 4.79 Å². The van der Waals surface area contributed by atoms with Gasteiger partial charge in [0.25, 0.3) is 0 Å². The molecular weight excluding hydrogens is 272 g/mol. The van der Waals surface area contributed by atoms with E-state index in [1.165, 1.54) is 5.56 Å². The van der Waals surface area contributed by atoms with Gasteiger partial charge in [-0.1, -0.05) is 26.0 Å². The van der Waals surface area contributed by atoms with Gasteiger partial charge in [0.05, 0.1) is 0 Å². The molecule has 3 nitrogen and oxygen atoms in total. The molecule has 0 aliphatic heterocycles. The summed E-state index contributed by atoms with van der Waals surface area (Å²) in [6.45, 7) is 4.33. The molecule has 20 heavy (non-hydrogen) atoms. The fourth-order valence-electron chi connectivity index (χ4n) is 2.73. The van der Waals surface area contributed by atoms with Crippen LogP contribution in [0.2, 0.25) is 0 Å². The van der Waals surface area contributed by atoms with Gasteiger partial charge in [-0.15, -0.1) is 12.4 Å². The van der Waals surface area contributed by atoms with E-state index in [1.54, 1.807) is 4.90 Å². The number of hydrogen-bond acceptors (Lipinski definition) is 2. The molecule has 0 radical (unpaired) electrons. The number of amides is 1. The zero-order valence-corrected chi connectivity index (χ0v) is 13.3. The highest BCUT2D eigenvalue weighted by molar-refractivity contribution is 5.94. The first-order valence-electron chi connectivity index (χ1n) is 7.12. The molecule has 1 saturated carbocycles. The van der Waals surface area contributed by atoms with Crippen LogP contribution in [0.1, 0.15) is 44.6 Å². The molecule has 1 aromatic rings. The van der Waals surface area contributed by atoms with Gasteiger partial charge >= 0.3 is 0 Å². The predicted octanol–water partition coefficient (Wildman–Crippen LogP) is 3.32. The van der Waals surface area contributed by atoms with Gasteiger partial charge in [0.15, 0.2) is 0 Å². The monoisotopic (exact) mass is 296 g/mol. The molecule has 1 fully saturated rings. The third kappa shape index (κ3) is 3.74. The quantitative estimate of drug-likeness (QED) is 0.930. The zero-order valence-electron chi connectivity index (χ0n) is 12.5. The van der Waals surface area contributed by atoms with Crippen LogP contribution >= 0.6 is 12.4 Å². The van der Waals surface area contributed by atoms with Crippen molar-refractivity contribution in [3.8, 4) is 0 Å². The number of carbonyl (C=O) groups excluding carboxylic acids is 1. The Kier molecular flexibility index (Phi) is 6.03. The molecule has 0 bridgehead atoms. The average molecular weight is 297 g/mol. The first kappa shape index (κ1) is 17.0. The second-order valence-electron chi connectivity index (χ2n) is 5.92. The van der Waals surface area contributed by atoms with Crippen LogP contribution in [0.15, 0.2) is 24.3 Å². The number of benzene rings is 1. The number of anilines is 1. The van der Waals surface area contributed by atoms with E-state index in [-0.39, 0.29) is 30.3 Å². The van der Waals surface area contributed by atoms with Crippen molar-refractivity contribution in [3.63, 3.8) is 0 Å². The Bertz CT molecular complexity index is 462. The molecule has 0 spiro atoms. The van der Waals surface area contributed by atoms with Gasteiger partial charge in [-0.25, -0.2) is 0 Å². The van der Waals surface area contributed by atoms with E-state index in [0.29, 0.717) is 5.92 Å². The molecule has 1 aromatic carbocycles. The minimum absolute atomic E-state index is 0. The minimum Gasteiger partial charge on any atom is -0.328 e. The summed E-state index contributed by atoms with van der Waals surface area (Å²) < 4.78 is 0. The molecule has 2 rings (SSSR count). The first-order chi connectivity index (χ1) is 8.99. The van der Waals surface area contributed by atoms with Crippen molar-refractivity contribution in [2.45, 2.75) is 45.1 Å². The van der Waals surface area contributed by atoms with Crippen LogP contribution in [0.5, 0.6) is 0 Å². The second kappa shape index (κ2) is 7.09. The maximum absolute atomic E-state index is 12.4. The molecular formula is C16H25ClN2O. The smallest absolute Gasteiger partial charge is 0.229 e. The molecule has 0 heterocycles. The van der Waals surface area contributed by atoms with Crippen LogP contribution in [0.4, 0.5) is 5.69 Å². The van der Waals surface area contributed by atoms with Crippen LogP contribution in [-0.4, -0.2) is 19.0 Å². The van der Waals surface area contributed by atoms with E-state index in [0.717, 1.165) is 24.9 Å². The molecule has 0 aromatic heterocycles. The van der Waals surface area contributed by atoms with Crippen molar-refractivity contribution >= 4 is 24.0 Å². The summed E-state index contributed by atoms with van der Waals surface area (Å²) in [4.78, 5) is 14.2. The van der Waals surface area contributed by atoms with Crippen LogP contribution in [0.25, 0.3) is 0 Å². The molecule has 2 N–H and O–H groups in total. The molecule has 2 atom stereocenters. The molecule has 4 heteroatoms. The van der Waals surface area contributed by atoms with Gasteiger partial charge in [-0.2, -0.15) is 0 Å². The van der Waals surface area contributed by atoms with Crippen LogP contribution in [0.3, 0.4) is 0 Å². The first-order valence-corrected chi connectivity index (χ1v) is 7.12. The lowest BCUT2D eigenvalue weighted by Gasteiger charge is -2.22. The van der Waals surface area contributed by atoms with Gasteiger partial charge in [0.2, 0.25) is 5.91 Å². The third-order valence-electron chi connectivity index (χ3n) is 4.08. The Morgan fingerprint density at radius 2 is 2.05 bits per heavy atom. The largest absolute Gasteiger partial charge is 0.328 e. The van der Waals surface area contributed by atoms with Crippen LogP contribution < -0.4 is 10.6 Å². The van der Waals surface area contributed by atoms with Gasteiger partial charge in [-0.05, 0) is 42.9 Å². The van der Waals surface area contributed by atoms with Crippen LogP contribution in [0, 0.1) is 5.92 Å². The highest BCUT2D eigenvalue weighted by Crippen LogP contribution is 2.28. The molecule has 112 valence electrons. The lowest BCUT2D eigenvalue weighted by Crippen LogP contribution is -2.32. The number of rotatable bonds is 3. The zero-order chi connectivity index (χ0) is 14.0. The lowest BCUT2D eigenvalue weighted by atomic mass is 10.0. The maximum Gasteiger partial charge on any atom is 0.229 e. The van der Waals surface area contributed by atoms with Crippen molar-refractivity contribution in [2.24, 2.45) is 11.7 Å². The van der Waals surface area contributed by atoms with Crippen molar-refractivity contribution in [1.82, 2.24) is 0 Å². The highest BCUT2D eigenvalue weighted by Gasteiger charge is 2.30. The average Bonchev–Trinajstić information content (AvgIpc) is 2.84. The summed E-state index contributed by atoms with van der Waals surface area (Å²) in [6, 6.07) is 8.44. The lowest BCUT2D eigenvalue weighted by molar-refractivity contribution is -0.121. The molecule has 1 aliphatic rings. The summed E-state index contributed by atoms with van der Waals surface area (Å²) in [6.07, 6.45) is 2.72. The summed E-state index contributed by atoms with van der Waals surface area (Å²) in [5, 5.41) is 0. The molecule has 1 amide bonds. The Balaban J connectivity index is 0.00000200. The minimum atomic E-state index is 0. The van der Waals surface area contributed by atoms with E-state index in [9.17, 15) is 4.79 Å². The second-order valence-corrected chi connectivity index (χ2v) is 5.92. The molecule has 0 saturated heterocycles. The normalized spacial score (nSPS) is 21.6. The highest BCUT2D eigenvalue weighted by atomic mass is 35.5. The third-order valence-corrected chi connectivity index (χ3v) is 4.08. The fourth-order valence-corrected chi connectivity index (χ4v) is 2.73. The maximum atomic E-state index is 12.4. The topological polar surface area (TPSA) is 46.3 Å². The number of halogens is 1. The van der Waals surface area contributed by atoms with Crippen molar-refractivity contribution < 1.29 is 4.79 Å². The Morgan fingerprint density at radius 1 is 1.35 bits per heavy atom. The summed E-state index contributed by atoms with van der Waals surface area (Å²) in [5.41, 5.74) is 8.14. The summed E-state index contributed by atoms with van der Waals surface area (Å²) >= 11 is 0. The number of nitrogens with zero attached hydrogens (tertiary/aromatic N) is 1. The van der Waals surface area contributed by atoms with E-state index < -0.39 is 0 Å². The van der Waals surface area contributed by atoms with E-state index >= 15 is 0 Å². The number of carbonyl (C=O) groups is 1. The van der Waals surface area contributed by atoms with E-state index in [4.69, 9.17) is 5.73 Å². The number of nitrogens with two attached hydrogens (primary N) is 1.